The van der Waals surface area contributed by atoms with E-state index >= 15 is 0 Å². The molecule has 1 unspecified atom stereocenters. The Labute approximate surface area is 99.1 Å². The number of esters is 1. The third-order valence-corrected chi connectivity index (χ3v) is 2.74. The minimum absolute atomic E-state index is 0.143. The van der Waals surface area contributed by atoms with Crippen LogP contribution in [-0.4, -0.2) is 23.8 Å². The summed E-state index contributed by atoms with van der Waals surface area (Å²) in [5.41, 5.74) is 0.550. The van der Waals surface area contributed by atoms with Crippen LogP contribution >= 0.6 is 23.2 Å². The Hall–Kier alpha value is -0.730. The Morgan fingerprint density at radius 1 is 1.33 bits per heavy atom. The van der Waals surface area contributed by atoms with E-state index in [0.29, 0.717) is 24.5 Å². The Bertz CT molecular complexity index is 301. The van der Waals surface area contributed by atoms with Crippen LogP contribution in [0.3, 0.4) is 0 Å². The molecule has 0 aliphatic heterocycles. The second kappa shape index (κ2) is 6.70. The maximum atomic E-state index is 11.4. The molecule has 0 aliphatic rings. The highest BCUT2D eigenvalue weighted by molar-refractivity contribution is 6.28. The largest absolute Gasteiger partial charge is 0.462 e. The lowest BCUT2D eigenvalue weighted by Gasteiger charge is -2.06. The van der Waals surface area contributed by atoms with Crippen LogP contribution in [0.5, 0.6) is 0 Å². The van der Waals surface area contributed by atoms with E-state index in [-0.39, 0.29) is 11.3 Å². The van der Waals surface area contributed by atoms with Crippen molar-refractivity contribution in [3.8, 4) is 0 Å². The average molecular weight is 247 g/mol. The lowest BCUT2D eigenvalue weighted by Crippen LogP contribution is -2.10. The molecule has 0 fully saturated rings. The van der Waals surface area contributed by atoms with Crippen LogP contribution < -0.4 is 0 Å². The van der Waals surface area contributed by atoms with E-state index in [1.165, 1.54) is 0 Å². The van der Waals surface area contributed by atoms with Gasteiger partial charge in [-0.3, -0.25) is 0 Å². The van der Waals surface area contributed by atoms with Crippen LogP contribution in [0.1, 0.15) is 16.8 Å². The van der Waals surface area contributed by atoms with Gasteiger partial charge in [0.25, 0.3) is 0 Å². The number of carbonyl (C=O) groups excluding carboxylic acids is 1. The molecule has 1 aromatic carbocycles. The Morgan fingerprint density at radius 3 is 2.60 bits per heavy atom. The maximum absolute atomic E-state index is 11.4. The SMILES string of the molecule is O=C(OCCC(Cl)CCl)c1ccccc1. The minimum atomic E-state index is -0.325. The molecular weight excluding hydrogens is 235 g/mol. The summed E-state index contributed by atoms with van der Waals surface area (Å²) in [7, 11) is 0. The molecule has 1 rings (SSSR count). The van der Waals surface area contributed by atoms with Crippen molar-refractivity contribution >= 4 is 29.2 Å². The Morgan fingerprint density at radius 2 is 2.00 bits per heavy atom. The molecule has 4 heteroatoms. The van der Waals surface area contributed by atoms with Gasteiger partial charge in [-0.15, -0.1) is 23.2 Å². The van der Waals surface area contributed by atoms with E-state index in [1.807, 2.05) is 6.07 Å². The molecule has 0 heterocycles. The van der Waals surface area contributed by atoms with Crippen molar-refractivity contribution in [3.63, 3.8) is 0 Å². The zero-order valence-electron chi connectivity index (χ0n) is 8.16. The highest BCUT2D eigenvalue weighted by atomic mass is 35.5. The molecule has 0 aliphatic carbocycles. The van der Waals surface area contributed by atoms with Gasteiger partial charge in [0.05, 0.1) is 17.5 Å². The van der Waals surface area contributed by atoms with Crippen LogP contribution in [-0.2, 0) is 4.74 Å². The topological polar surface area (TPSA) is 26.3 Å². The molecule has 82 valence electrons. The molecule has 0 N–H and O–H groups in total. The average Bonchev–Trinajstić information content (AvgIpc) is 2.29. The summed E-state index contributed by atoms with van der Waals surface area (Å²) in [6.45, 7) is 0.300. The number of halogens is 2. The maximum Gasteiger partial charge on any atom is 0.338 e. The minimum Gasteiger partial charge on any atom is -0.462 e. The van der Waals surface area contributed by atoms with Crippen LogP contribution in [0, 0.1) is 0 Å². The molecule has 0 bridgehead atoms. The van der Waals surface area contributed by atoms with E-state index < -0.39 is 0 Å². The summed E-state index contributed by atoms with van der Waals surface area (Å²) >= 11 is 11.3. The summed E-state index contributed by atoms with van der Waals surface area (Å²) in [5.74, 6) is 0.0406. The number of carbonyl (C=O) groups is 1. The smallest absolute Gasteiger partial charge is 0.338 e. The summed E-state index contributed by atoms with van der Waals surface area (Å²) in [5, 5.41) is -0.143. The predicted octanol–water partition coefficient (Wildman–Crippen LogP) is 3.08. The first-order chi connectivity index (χ1) is 7.24. The second-order valence-corrected chi connectivity index (χ2v) is 3.97. The Balaban J connectivity index is 2.31. The summed E-state index contributed by atoms with van der Waals surface area (Å²) in [4.78, 5) is 11.4. The number of hydrogen-bond acceptors (Lipinski definition) is 2. The number of rotatable bonds is 5. The first kappa shape index (κ1) is 12.3. The number of hydrogen-bond donors (Lipinski definition) is 0. The van der Waals surface area contributed by atoms with Crippen molar-refractivity contribution in [2.45, 2.75) is 11.8 Å². The Kier molecular flexibility index (Phi) is 5.51. The van der Waals surface area contributed by atoms with Crippen molar-refractivity contribution in [1.82, 2.24) is 0 Å². The van der Waals surface area contributed by atoms with Gasteiger partial charge >= 0.3 is 5.97 Å². The van der Waals surface area contributed by atoms with Gasteiger partial charge in [0.15, 0.2) is 0 Å². The molecule has 1 aromatic rings. The van der Waals surface area contributed by atoms with E-state index in [2.05, 4.69) is 0 Å². The van der Waals surface area contributed by atoms with E-state index in [9.17, 15) is 4.79 Å². The molecule has 0 aromatic heterocycles. The van der Waals surface area contributed by atoms with Gasteiger partial charge in [-0.1, -0.05) is 18.2 Å². The fourth-order valence-electron chi connectivity index (χ4n) is 1.01. The molecular formula is C11H12Cl2O2. The quantitative estimate of drug-likeness (QED) is 0.590. The fraction of sp³-hybridized carbons (Fsp3) is 0.364. The van der Waals surface area contributed by atoms with E-state index in [1.54, 1.807) is 24.3 Å². The number of ether oxygens (including phenoxy) is 1. The van der Waals surface area contributed by atoms with Gasteiger partial charge < -0.3 is 4.74 Å². The van der Waals surface area contributed by atoms with Crippen LogP contribution in [0.25, 0.3) is 0 Å². The van der Waals surface area contributed by atoms with Gasteiger partial charge in [-0.2, -0.15) is 0 Å². The highest BCUT2D eigenvalue weighted by Crippen LogP contribution is 2.06. The summed E-state index contributed by atoms with van der Waals surface area (Å²) in [6, 6.07) is 8.85. The molecule has 0 saturated heterocycles. The normalized spacial score (nSPS) is 12.1. The predicted molar refractivity (Wildman–Crippen MR) is 61.7 cm³/mol. The zero-order valence-corrected chi connectivity index (χ0v) is 9.67. The third-order valence-electron chi connectivity index (χ3n) is 1.84. The van der Waals surface area contributed by atoms with Crippen LogP contribution in [0.2, 0.25) is 0 Å². The lowest BCUT2D eigenvalue weighted by molar-refractivity contribution is 0.0501. The third kappa shape index (κ3) is 4.54. The van der Waals surface area contributed by atoms with Crippen LogP contribution in [0.15, 0.2) is 30.3 Å². The van der Waals surface area contributed by atoms with Crippen molar-refractivity contribution in [1.29, 1.82) is 0 Å². The lowest BCUT2D eigenvalue weighted by atomic mass is 10.2. The van der Waals surface area contributed by atoms with E-state index in [0.717, 1.165) is 0 Å². The van der Waals surface area contributed by atoms with Crippen molar-refractivity contribution < 1.29 is 9.53 Å². The zero-order chi connectivity index (χ0) is 11.1. The van der Waals surface area contributed by atoms with Gasteiger partial charge in [-0.25, -0.2) is 4.79 Å². The molecule has 1 atom stereocenters. The van der Waals surface area contributed by atoms with Crippen molar-refractivity contribution in [2.75, 3.05) is 12.5 Å². The molecule has 0 spiro atoms. The van der Waals surface area contributed by atoms with Crippen molar-refractivity contribution in [2.24, 2.45) is 0 Å². The first-order valence-electron chi connectivity index (χ1n) is 4.66. The van der Waals surface area contributed by atoms with E-state index in [4.69, 9.17) is 27.9 Å². The standard InChI is InChI=1S/C11H12Cl2O2/c12-8-10(13)6-7-15-11(14)9-4-2-1-3-5-9/h1-5,10H,6-8H2. The number of alkyl halides is 2. The highest BCUT2D eigenvalue weighted by Gasteiger charge is 2.07. The summed E-state index contributed by atoms with van der Waals surface area (Å²) in [6.07, 6.45) is 0.573. The fourth-order valence-corrected chi connectivity index (χ4v) is 1.26. The summed E-state index contributed by atoms with van der Waals surface area (Å²) < 4.78 is 5.02. The molecule has 0 amide bonds. The number of benzene rings is 1. The first-order valence-corrected chi connectivity index (χ1v) is 5.63. The van der Waals surface area contributed by atoms with Crippen LogP contribution in [0.4, 0.5) is 0 Å². The second-order valence-electron chi connectivity index (χ2n) is 3.04. The van der Waals surface area contributed by atoms with Gasteiger partial charge in [-0.05, 0) is 18.6 Å². The van der Waals surface area contributed by atoms with Crippen molar-refractivity contribution in [3.05, 3.63) is 35.9 Å². The monoisotopic (exact) mass is 246 g/mol. The van der Waals surface area contributed by atoms with Gasteiger partial charge in [0.1, 0.15) is 0 Å². The molecule has 0 radical (unpaired) electrons. The van der Waals surface area contributed by atoms with Gasteiger partial charge in [0.2, 0.25) is 0 Å². The molecule has 2 nitrogen and oxygen atoms in total. The molecule has 0 saturated carbocycles. The van der Waals surface area contributed by atoms with Gasteiger partial charge in [0, 0.05) is 5.88 Å². The molecule has 15 heavy (non-hydrogen) atoms.